The van der Waals surface area contributed by atoms with Gasteiger partial charge in [0.2, 0.25) is 10.0 Å². The van der Waals surface area contributed by atoms with Crippen LogP contribution in [0.5, 0.6) is 0 Å². The lowest BCUT2D eigenvalue weighted by Gasteiger charge is -2.34. The number of nitrogens with zero attached hydrogens (tertiary/aromatic N) is 1. The Labute approximate surface area is 108 Å². The summed E-state index contributed by atoms with van der Waals surface area (Å²) in [6, 6.07) is 7.18. The van der Waals surface area contributed by atoms with Crippen molar-refractivity contribution in [2.45, 2.75) is 23.8 Å². The van der Waals surface area contributed by atoms with Crippen LogP contribution < -0.4 is 15.4 Å². The highest BCUT2D eigenvalue weighted by Gasteiger charge is 2.22. The molecule has 6 heteroatoms. The average Bonchev–Trinajstić information content (AvgIpc) is 2.38. The van der Waals surface area contributed by atoms with Crippen LogP contribution >= 0.6 is 0 Å². The maximum Gasteiger partial charge on any atom is 0.240 e. The monoisotopic (exact) mass is 269 g/mol. The largest absolute Gasteiger partial charge is 0.369 e. The summed E-state index contributed by atoms with van der Waals surface area (Å²) < 4.78 is 23.2. The summed E-state index contributed by atoms with van der Waals surface area (Å²) in [7, 11) is -1.76. The number of hydrogen-bond acceptors (Lipinski definition) is 4. The molecule has 0 amide bonds. The number of piperidine rings is 1. The summed E-state index contributed by atoms with van der Waals surface area (Å²) in [5, 5.41) is 8.58. The molecule has 1 fully saturated rings. The lowest BCUT2D eigenvalue weighted by atomic mass is 10.1. The smallest absolute Gasteiger partial charge is 0.240 e. The van der Waals surface area contributed by atoms with Gasteiger partial charge in [0.05, 0.1) is 5.69 Å². The van der Waals surface area contributed by atoms with Gasteiger partial charge in [0.15, 0.2) is 0 Å². The van der Waals surface area contributed by atoms with E-state index in [1.54, 1.807) is 18.2 Å². The van der Waals surface area contributed by atoms with Crippen LogP contribution in [0.3, 0.4) is 0 Å². The zero-order valence-corrected chi connectivity index (χ0v) is 11.3. The third-order valence-corrected chi connectivity index (χ3v) is 4.33. The molecule has 1 heterocycles. The summed E-state index contributed by atoms with van der Waals surface area (Å²) in [4.78, 5) is 2.20. The van der Waals surface area contributed by atoms with Crippen molar-refractivity contribution in [3.8, 4) is 0 Å². The molecule has 1 unspecified atom stereocenters. The number of primary sulfonamides is 1. The number of anilines is 1. The molecule has 2 rings (SSSR count). The maximum atomic E-state index is 11.6. The van der Waals surface area contributed by atoms with Gasteiger partial charge in [0, 0.05) is 19.6 Å². The Balaban J connectivity index is 2.32. The van der Waals surface area contributed by atoms with E-state index in [0.29, 0.717) is 11.7 Å². The van der Waals surface area contributed by atoms with Gasteiger partial charge >= 0.3 is 0 Å². The Morgan fingerprint density at radius 1 is 1.39 bits per heavy atom. The van der Waals surface area contributed by atoms with E-state index >= 15 is 0 Å². The molecule has 1 aromatic carbocycles. The summed E-state index contributed by atoms with van der Waals surface area (Å²) in [6.45, 7) is 1.90. The van der Waals surface area contributed by atoms with Gasteiger partial charge in [-0.1, -0.05) is 12.1 Å². The fraction of sp³-hybridized carbons (Fsp3) is 0.500. The molecule has 0 aromatic heterocycles. The van der Waals surface area contributed by atoms with Gasteiger partial charge in [-0.25, -0.2) is 13.6 Å². The molecule has 1 aromatic rings. The zero-order valence-electron chi connectivity index (χ0n) is 10.5. The maximum absolute atomic E-state index is 11.6. The van der Waals surface area contributed by atoms with Crippen LogP contribution in [0.2, 0.25) is 0 Å². The lowest BCUT2D eigenvalue weighted by Crippen LogP contribution is -2.44. The van der Waals surface area contributed by atoms with Crippen LogP contribution in [0.4, 0.5) is 5.69 Å². The first-order valence-corrected chi connectivity index (χ1v) is 7.60. The third kappa shape index (κ3) is 2.82. The summed E-state index contributed by atoms with van der Waals surface area (Å²) >= 11 is 0. The number of likely N-dealkylation sites (N-methyl/N-ethyl adjacent to an activating group) is 1. The van der Waals surface area contributed by atoms with E-state index in [1.807, 2.05) is 18.0 Å². The summed E-state index contributed by atoms with van der Waals surface area (Å²) in [5.74, 6) is 0. The highest BCUT2D eigenvalue weighted by atomic mass is 32.2. The molecule has 0 aliphatic carbocycles. The van der Waals surface area contributed by atoms with Crippen LogP contribution in [0.25, 0.3) is 0 Å². The second-order valence-electron chi connectivity index (χ2n) is 4.62. The number of nitrogens with two attached hydrogens (primary N) is 1. The fourth-order valence-electron chi connectivity index (χ4n) is 2.35. The first-order valence-electron chi connectivity index (χ1n) is 6.05. The Morgan fingerprint density at radius 3 is 2.72 bits per heavy atom. The number of rotatable bonds is 3. The van der Waals surface area contributed by atoms with Gasteiger partial charge in [-0.15, -0.1) is 0 Å². The SMILES string of the molecule is CN(c1ccccc1S(N)(=O)=O)C1CCCNC1. The molecule has 0 spiro atoms. The quantitative estimate of drug-likeness (QED) is 0.839. The second-order valence-corrected chi connectivity index (χ2v) is 6.15. The van der Waals surface area contributed by atoms with Crippen molar-refractivity contribution in [1.29, 1.82) is 0 Å². The van der Waals surface area contributed by atoms with Crippen molar-refractivity contribution in [1.82, 2.24) is 5.32 Å². The van der Waals surface area contributed by atoms with Crippen LogP contribution in [0.1, 0.15) is 12.8 Å². The standard InChI is InChI=1S/C12H19N3O2S/c1-15(10-5-4-8-14-9-10)11-6-2-3-7-12(11)18(13,16)17/h2-3,6-7,10,14H,4-5,8-9H2,1H3,(H2,13,16,17). The van der Waals surface area contributed by atoms with E-state index in [0.717, 1.165) is 25.9 Å². The Bertz CT molecular complexity index is 510. The van der Waals surface area contributed by atoms with E-state index in [-0.39, 0.29) is 4.90 Å². The van der Waals surface area contributed by atoms with Crippen LogP contribution in [0.15, 0.2) is 29.2 Å². The molecular formula is C12H19N3O2S. The first-order chi connectivity index (χ1) is 8.50. The van der Waals surface area contributed by atoms with E-state index in [1.165, 1.54) is 0 Å². The topological polar surface area (TPSA) is 75.4 Å². The first kappa shape index (κ1) is 13.3. The van der Waals surface area contributed by atoms with E-state index in [4.69, 9.17) is 5.14 Å². The van der Waals surface area contributed by atoms with E-state index < -0.39 is 10.0 Å². The number of sulfonamides is 1. The lowest BCUT2D eigenvalue weighted by molar-refractivity contribution is 0.444. The van der Waals surface area contributed by atoms with E-state index in [9.17, 15) is 8.42 Å². The van der Waals surface area contributed by atoms with Crippen molar-refractivity contribution in [2.75, 3.05) is 25.0 Å². The van der Waals surface area contributed by atoms with Crippen molar-refractivity contribution in [2.24, 2.45) is 5.14 Å². The highest BCUT2D eigenvalue weighted by molar-refractivity contribution is 7.89. The molecule has 1 saturated heterocycles. The molecule has 100 valence electrons. The van der Waals surface area contributed by atoms with Crippen molar-refractivity contribution < 1.29 is 8.42 Å². The average molecular weight is 269 g/mol. The molecule has 1 aliphatic heterocycles. The predicted molar refractivity (Wildman–Crippen MR) is 72.1 cm³/mol. The van der Waals surface area contributed by atoms with Gasteiger partial charge in [-0.05, 0) is 31.5 Å². The van der Waals surface area contributed by atoms with Gasteiger partial charge in [-0.2, -0.15) is 0 Å². The van der Waals surface area contributed by atoms with Crippen molar-refractivity contribution in [3.63, 3.8) is 0 Å². The van der Waals surface area contributed by atoms with Crippen molar-refractivity contribution in [3.05, 3.63) is 24.3 Å². The van der Waals surface area contributed by atoms with E-state index in [2.05, 4.69) is 5.32 Å². The van der Waals surface area contributed by atoms with Crippen molar-refractivity contribution >= 4 is 15.7 Å². The predicted octanol–water partition coefficient (Wildman–Crippen LogP) is 0.522. The van der Waals surface area contributed by atoms with Gasteiger partial charge < -0.3 is 10.2 Å². The molecule has 1 atom stereocenters. The number of hydrogen-bond donors (Lipinski definition) is 2. The minimum atomic E-state index is -3.68. The third-order valence-electron chi connectivity index (χ3n) is 3.37. The van der Waals surface area contributed by atoms with Gasteiger partial charge in [0.1, 0.15) is 4.90 Å². The molecule has 5 nitrogen and oxygen atoms in total. The Hall–Kier alpha value is -1.11. The van der Waals surface area contributed by atoms with Crippen LogP contribution in [0, 0.1) is 0 Å². The fourth-order valence-corrected chi connectivity index (χ4v) is 3.12. The zero-order chi connectivity index (χ0) is 13.2. The molecule has 18 heavy (non-hydrogen) atoms. The second kappa shape index (κ2) is 5.26. The minimum Gasteiger partial charge on any atom is -0.369 e. The molecule has 0 bridgehead atoms. The molecule has 3 N–H and O–H groups in total. The van der Waals surface area contributed by atoms with Crippen LogP contribution in [-0.4, -0.2) is 34.6 Å². The Kier molecular flexibility index (Phi) is 3.89. The minimum absolute atomic E-state index is 0.193. The van der Waals surface area contributed by atoms with Gasteiger partial charge in [-0.3, -0.25) is 0 Å². The number of nitrogens with one attached hydrogen (secondary N) is 1. The highest BCUT2D eigenvalue weighted by Crippen LogP contribution is 2.26. The molecule has 0 radical (unpaired) electrons. The van der Waals surface area contributed by atoms with Crippen LogP contribution in [-0.2, 0) is 10.0 Å². The van der Waals surface area contributed by atoms with Gasteiger partial charge in [0.25, 0.3) is 0 Å². The normalized spacial score (nSPS) is 20.7. The molecule has 1 aliphatic rings. The molecule has 0 saturated carbocycles. The summed E-state index contributed by atoms with van der Waals surface area (Å²) in [5.41, 5.74) is 0.675. The number of benzene rings is 1. The summed E-state index contributed by atoms with van der Waals surface area (Å²) in [6.07, 6.45) is 2.16. The Morgan fingerprint density at radius 2 is 2.11 bits per heavy atom. The molecular weight excluding hydrogens is 250 g/mol. The number of para-hydroxylation sites is 1.